The third kappa shape index (κ3) is 4.64. The molecule has 1 amide bonds. The first-order chi connectivity index (χ1) is 13.2. The smallest absolute Gasteiger partial charge is 0.267 e. The Labute approximate surface area is 158 Å². The number of aromatic nitrogens is 1. The van der Waals surface area contributed by atoms with E-state index in [0.717, 1.165) is 6.42 Å². The first-order valence-corrected chi connectivity index (χ1v) is 8.84. The van der Waals surface area contributed by atoms with Crippen LogP contribution in [0.3, 0.4) is 0 Å². The van der Waals surface area contributed by atoms with Crippen LogP contribution >= 0.6 is 0 Å². The van der Waals surface area contributed by atoms with Gasteiger partial charge in [-0.05, 0) is 17.5 Å². The summed E-state index contributed by atoms with van der Waals surface area (Å²) < 4.78 is 4.91. The van der Waals surface area contributed by atoms with Gasteiger partial charge in [-0.25, -0.2) is 0 Å². The van der Waals surface area contributed by atoms with E-state index in [1.807, 2.05) is 36.4 Å². The summed E-state index contributed by atoms with van der Waals surface area (Å²) in [5.74, 6) is 0.0528. The van der Waals surface area contributed by atoms with Crippen LogP contribution < -0.4 is 15.5 Å². The van der Waals surface area contributed by atoms with Gasteiger partial charge in [0.2, 0.25) is 5.43 Å². The maximum atomic E-state index is 12.3. The van der Waals surface area contributed by atoms with Gasteiger partial charge in [-0.15, -0.1) is 0 Å². The van der Waals surface area contributed by atoms with Crippen molar-refractivity contribution in [1.29, 1.82) is 0 Å². The molecule has 27 heavy (non-hydrogen) atoms. The van der Waals surface area contributed by atoms with Gasteiger partial charge in [0.15, 0.2) is 5.75 Å². The number of hydrogen-bond acceptors (Lipinski definition) is 3. The van der Waals surface area contributed by atoms with Crippen LogP contribution in [-0.2, 0) is 0 Å². The maximum absolute atomic E-state index is 12.3. The minimum absolute atomic E-state index is 0.180. The minimum atomic E-state index is -0.326. The third-order valence-electron chi connectivity index (χ3n) is 4.46. The average molecular weight is 362 g/mol. The summed E-state index contributed by atoms with van der Waals surface area (Å²) in [6, 6.07) is 21.7. The Morgan fingerprint density at radius 1 is 1.04 bits per heavy atom. The number of aromatic amines is 1. The Hall–Kier alpha value is -3.34. The molecule has 0 saturated heterocycles. The number of carbonyl (C=O) groups excluding carboxylic acids is 1. The average Bonchev–Trinajstić information content (AvgIpc) is 2.72. The van der Waals surface area contributed by atoms with E-state index in [9.17, 15) is 9.59 Å². The quantitative estimate of drug-likeness (QED) is 0.677. The Kier molecular flexibility index (Phi) is 6.05. The molecule has 1 heterocycles. The molecular weight excluding hydrogens is 340 g/mol. The van der Waals surface area contributed by atoms with Crippen molar-refractivity contribution in [3.05, 3.63) is 100.0 Å². The molecule has 0 radical (unpaired) electrons. The van der Waals surface area contributed by atoms with Crippen LogP contribution in [-0.4, -0.2) is 24.5 Å². The highest BCUT2D eigenvalue weighted by molar-refractivity contribution is 5.92. The Balaban J connectivity index is 1.68. The van der Waals surface area contributed by atoms with E-state index in [1.165, 1.54) is 30.5 Å². The second-order valence-corrected chi connectivity index (χ2v) is 6.20. The van der Waals surface area contributed by atoms with Gasteiger partial charge < -0.3 is 15.0 Å². The monoisotopic (exact) mass is 362 g/mol. The van der Waals surface area contributed by atoms with Gasteiger partial charge in [-0.1, -0.05) is 60.7 Å². The van der Waals surface area contributed by atoms with E-state index in [2.05, 4.69) is 34.6 Å². The molecule has 0 aliphatic carbocycles. The number of methoxy groups -OCH3 is 1. The molecule has 0 spiro atoms. The third-order valence-corrected chi connectivity index (χ3v) is 4.46. The zero-order chi connectivity index (χ0) is 19.1. The fourth-order valence-electron chi connectivity index (χ4n) is 3.07. The lowest BCUT2D eigenvalue weighted by atomic mass is 9.88. The number of benzene rings is 2. The van der Waals surface area contributed by atoms with Crippen LogP contribution in [0.15, 0.2) is 77.7 Å². The lowest BCUT2D eigenvalue weighted by Gasteiger charge is -2.18. The van der Waals surface area contributed by atoms with E-state index < -0.39 is 0 Å². The molecule has 0 atom stereocenters. The predicted octanol–water partition coefficient (Wildman–Crippen LogP) is 3.34. The van der Waals surface area contributed by atoms with Crippen molar-refractivity contribution in [3.8, 4) is 5.75 Å². The standard InChI is InChI=1S/C22H22N2O3/c1-27-21-15-24-19(14-20(21)25)22(26)23-13-12-18(16-8-4-2-5-9-16)17-10-6-3-7-11-17/h2-11,14-15,18H,12-13H2,1H3,(H,23,26)(H,24,25). The van der Waals surface area contributed by atoms with Gasteiger partial charge in [-0.3, -0.25) is 9.59 Å². The highest BCUT2D eigenvalue weighted by atomic mass is 16.5. The molecule has 0 fully saturated rings. The van der Waals surface area contributed by atoms with Crippen LogP contribution in [0.4, 0.5) is 0 Å². The van der Waals surface area contributed by atoms with Crippen molar-refractivity contribution in [2.45, 2.75) is 12.3 Å². The van der Waals surface area contributed by atoms with Crippen molar-refractivity contribution in [2.75, 3.05) is 13.7 Å². The van der Waals surface area contributed by atoms with Gasteiger partial charge in [0.05, 0.1) is 7.11 Å². The lowest BCUT2D eigenvalue weighted by molar-refractivity contribution is 0.0947. The molecule has 3 aromatic rings. The number of ether oxygens (including phenoxy) is 1. The molecule has 1 aromatic heterocycles. The van der Waals surface area contributed by atoms with Crippen LogP contribution in [0, 0.1) is 0 Å². The Bertz CT molecular complexity index is 897. The van der Waals surface area contributed by atoms with E-state index in [0.29, 0.717) is 6.54 Å². The summed E-state index contributed by atoms with van der Waals surface area (Å²) in [5, 5.41) is 2.88. The molecule has 3 rings (SSSR count). The minimum Gasteiger partial charge on any atom is -0.491 e. The topological polar surface area (TPSA) is 71.2 Å². The molecule has 0 saturated carbocycles. The van der Waals surface area contributed by atoms with Gasteiger partial charge in [-0.2, -0.15) is 0 Å². The molecule has 5 nitrogen and oxygen atoms in total. The second-order valence-electron chi connectivity index (χ2n) is 6.20. The van der Waals surface area contributed by atoms with Crippen molar-refractivity contribution < 1.29 is 9.53 Å². The summed E-state index contributed by atoms with van der Waals surface area (Å²) >= 11 is 0. The zero-order valence-electron chi connectivity index (χ0n) is 15.1. The summed E-state index contributed by atoms with van der Waals surface area (Å²) in [6.07, 6.45) is 2.15. The predicted molar refractivity (Wildman–Crippen MR) is 105 cm³/mol. The van der Waals surface area contributed by atoms with Gasteiger partial charge >= 0.3 is 0 Å². The molecule has 0 unspecified atom stereocenters. The molecule has 2 aromatic carbocycles. The van der Waals surface area contributed by atoms with Crippen LogP contribution in [0.25, 0.3) is 0 Å². The molecule has 5 heteroatoms. The number of amides is 1. The fourth-order valence-corrected chi connectivity index (χ4v) is 3.07. The molecule has 0 aliphatic heterocycles. The largest absolute Gasteiger partial charge is 0.491 e. The van der Waals surface area contributed by atoms with Gasteiger partial charge in [0, 0.05) is 24.7 Å². The van der Waals surface area contributed by atoms with Crippen molar-refractivity contribution in [3.63, 3.8) is 0 Å². The number of pyridine rings is 1. The number of H-pyrrole nitrogens is 1. The summed E-state index contributed by atoms with van der Waals surface area (Å²) in [6.45, 7) is 0.487. The van der Waals surface area contributed by atoms with Crippen LogP contribution in [0.5, 0.6) is 5.75 Å². The molecule has 2 N–H and O–H groups in total. The Morgan fingerprint density at radius 3 is 2.15 bits per heavy atom. The fraction of sp³-hybridized carbons (Fsp3) is 0.182. The van der Waals surface area contributed by atoms with Gasteiger partial charge in [0.25, 0.3) is 5.91 Å². The molecule has 138 valence electrons. The van der Waals surface area contributed by atoms with Crippen molar-refractivity contribution in [1.82, 2.24) is 10.3 Å². The van der Waals surface area contributed by atoms with E-state index in [-0.39, 0.29) is 28.7 Å². The molecule has 0 bridgehead atoms. The van der Waals surface area contributed by atoms with Crippen LogP contribution in [0.2, 0.25) is 0 Å². The highest BCUT2D eigenvalue weighted by Crippen LogP contribution is 2.27. The number of carbonyl (C=O) groups is 1. The number of hydrogen-bond donors (Lipinski definition) is 2. The van der Waals surface area contributed by atoms with E-state index in [1.54, 1.807) is 0 Å². The van der Waals surface area contributed by atoms with Gasteiger partial charge in [0.1, 0.15) is 5.69 Å². The van der Waals surface area contributed by atoms with E-state index in [4.69, 9.17) is 4.74 Å². The zero-order valence-corrected chi connectivity index (χ0v) is 15.1. The second kappa shape index (κ2) is 8.85. The Morgan fingerprint density at radius 2 is 1.63 bits per heavy atom. The first-order valence-electron chi connectivity index (χ1n) is 8.84. The highest BCUT2D eigenvalue weighted by Gasteiger charge is 2.15. The first kappa shape index (κ1) is 18.5. The summed E-state index contributed by atoms with van der Waals surface area (Å²) in [7, 11) is 1.41. The normalized spacial score (nSPS) is 10.6. The maximum Gasteiger partial charge on any atom is 0.267 e. The number of nitrogens with one attached hydrogen (secondary N) is 2. The SMILES string of the molecule is COc1c[nH]c(C(=O)NCCC(c2ccccc2)c2ccccc2)cc1=O. The van der Waals surface area contributed by atoms with E-state index >= 15 is 0 Å². The van der Waals surface area contributed by atoms with Crippen molar-refractivity contribution in [2.24, 2.45) is 0 Å². The summed E-state index contributed by atoms with van der Waals surface area (Å²) in [4.78, 5) is 26.9. The number of rotatable bonds is 7. The lowest BCUT2D eigenvalue weighted by Crippen LogP contribution is -2.27. The summed E-state index contributed by atoms with van der Waals surface area (Å²) in [5.41, 5.74) is 2.30. The molecule has 0 aliphatic rings. The van der Waals surface area contributed by atoms with Crippen molar-refractivity contribution >= 4 is 5.91 Å². The molecular formula is C22H22N2O3. The van der Waals surface area contributed by atoms with Crippen LogP contribution in [0.1, 0.15) is 34.0 Å².